The molecule has 8 nitrogen and oxygen atoms in total. The van der Waals surface area contributed by atoms with Gasteiger partial charge in [-0.1, -0.05) is 24.3 Å². The molecule has 0 N–H and O–H groups in total. The van der Waals surface area contributed by atoms with Gasteiger partial charge >= 0.3 is 0 Å². The van der Waals surface area contributed by atoms with Crippen LogP contribution in [-0.2, 0) is 20.2 Å². The number of aromatic nitrogens is 5. The Balaban J connectivity index is 1.54. The molecule has 0 amide bonds. The largest absolute Gasteiger partial charge is 0.493 e. The predicted molar refractivity (Wildman–Crippen MR) is 103 cm³/mol. The van der Waals surface area contributed by atoms with Gasteiger partial charge in [0, 0.05) is 7.05 Å². The Kier molecular flexibility index (Phi) is 4.76. The Bertz CT molecular complexity index is 1180. The van der Waals surface area contributed by atoms with Crippen molar-refractivity contribution in [2.45, 2.75) is 13.2 Å². The third-order valence-corrected chi connectivity index (χ3v) is 4.37. The minimum Gasteiger partial charge on any atom is -0.493 e. The minimum absolute atomic E-state index is 0.111. The molecule has 0 aliphatic carbocycles. The lowest BCUT2D eigenvalue weighted by atomic mass is 10.2. The molecule has 2 aromatic heterocycles. The Morgan fingerprint density at radius 2 is 1.79 bits per heavy atom. The van der Waals surface area contributed by atoms with Crippen molar-refractivity contribution >= 4 is 10.9 Å². The third kappa shape index (κ3) is 3.44. The van der Waals surface area contributed by atoms with Crippen molar-refractivity contribution < 1.29 is 9.47 Å². The fourth-order valence-electron chi connectivity index (χ4n) is 2.92. The number of rotatable bonds is 6. The summed E-state index contributed by atoms with van der Waals surface area (Å²) in [5, 5.41) is 4.95. The van der Waals surface area contributed by atoms with Gasteiger partial charge in [0.25, 0.3) is 5.56 Å². The average molecular weight is 377 g/mol. The molecule has 2 aromatic carbocycles. The lowest BCUT2D eigenvalue weighted by molar-refractivity contribution is 0.276. The summed E-state index contributed by atoms with van der Waals surface area (Å²) >= 11 is 0. The first kappa shape index (κ1) is 17.7. The summed E-state index contributed by atoms with van der Waals surface area (Å²) in [6.07, 6.45) is 1.53. The molecule has 4 rings (SSSR count). The molecule has 0 aliphatic heterocycles. The summed E-state index contributed by atoms with van der Waals surface area (Å²) in [7, 11) is 3.38. The van der Waals surface area contributed by atoms with E-state index in [9.17, 15) is 4.79 Å². The van der Waals surface area contributed by atoms with Crippen LogP contribution in [0, 0.1) is 0 Å². The van der Waals surface area contributed by atoms with Crippen molar-refractivity contribution in [3.63, 3.8) is 0 Å². The number of nitrogens with zero attached hydrogens (tertiary/aromatic N) is 5. The van der Waals surface area contributed by atoms with E-state index in [4.69, 9.17) is 9.47 Å². The summed E-state index contributed by atoms with van der Waals surface area (Å²) in [6, 6.07) is 14.7. The molecule has 28 heavy (non-hydrogen) atoms. The highest BCUT2D eigenvalue weighted by Gasteiger charge is 2.12. The molecule has 0 saturated carbocycles. The van der Waals surface area contributed by atoms with Crippen LogP contribution in [0.3, 0.4) is 0 Å². The summed E-state index contributed by atoms with van der Waals surface area (Å²) in [6.45, 7) is 0.466. The van der Waals surface area contributed by atoms with E-state index in [1.54, 1.807) is 24.9 Å². The first-order valence-corrected chi connectivity index (χ1v) is 8.74. The van der Waals surface area contributed by atoms with Gasteiger partial charge in [0.05, 0.1) is 30.9 Å². The molecule has 0 aliphatic rings. The van der Waals surface area contributed by atoms with Crippen LogP contribution >= 0.6 is 0 Å². The van der Waals surface area contributed by atoms with Gasteiger partial charge < -0.3 is 9.47 Å². The number of ether oxygens (including phenoxy) is 2. The minimum atomic E-state index is -0.111. The first-order chi connectivity index (χ1) is 13.7. The van der Waals surface area contributed by atoms with Crippen LogP contribution in [-0.4, -0.2) is 31.4 Å². The molecule has 8 heteroatoms. The molecule has 0 atom stereocenters. The maximum Gasteiger partial charge on any atom is 0.261 e. The lowest BCUT2D eigenvalue weighted by Gasteiger charge is -2.08. The Hall–Kier alpha value is -3.68. The molecule has 0 spiro atoms. The van der Waals surface area contributed by atoms with E-state index in [0.29, 0.717) is 34.1 Å². The summed E-state index contributed by atoms with van der Waals surface area (Å²) in [5.74, 6) is 2.42. The van der Waals surface area contributed by atoms with E-state index >= 15 is 0 Å². The summed E-state index contributed by atoms with van der Waals surface area (Å²) in [4.78, 5) is 21.5. The second-order valence-corrected chi connectivity index (χ2v) is 6.20. The zero-order chi connectivity index (χ0) is 19.5. The highest BCUT2D eigenvalue weighted by molar-refractivity contribution is 5.76. The van der Waals surface area contributed by atoms with E-state index in [2.05, 4.69) is 15.1 Å². The van der Waals surface area contributed by atoms with E-state index in [0.717, 1.165) is 0 Å². The Morgan fingerprint density at radius 3 is 2.61 bits per heavy atom. The Labute approximate surface area is 161 Å². The van der Waals surface area contributed by atoms with Gasteiger partial charge in [0.1, 0.15) is 12.4 Å². The molecule has 142 valence electrons. The van der Waals surface area contributed by atoms with Crippen molar-refractivity contribution in [1.82, 2.24) is 24.3 Å². The van der Waals surface area contributed by atoms with Crippen LogP contribution in [0.4, 0.5) is 0 Å². The van der Waals surface area contributed by atoms with Gasteiger partial charge in [-0.2, -0.15) is 5.10 Å². The number of para-hydroxylation sites is 3. The van der Waals surface area contributed by atoms with Crippen LogP contribution in [0.5, 0.6) is 11.5 Å². The number of benzene rings is 2. The number of fused-ring (bicyclic) bond motifs is 1. The van der Waals surface area contributed by atoms with Crippen LogP contribution in [0.15, 0.2) is 59.7 Å². The van der Waals surface area contributed by atoms with Crippen LogP contribution in [0.1, 0.15) is 11.6 Å². The standard InChI is InChI=1S/C20H19N5O3/c1-24-19(11-25-13-21-15-8-4-3-7-14(15)20(25)26)22-18(23-24)12-28-17-10-6-5-9-16(17)27-2/h3-10,13H,11-12H2,1-2H3. The highest BCUT2D eigenvalue weighted by Crippen LogP contribution is 2.26. The van der Waals surface area contributed by atoms with E-state index in [1.807, 2.05) is 42.5 Å². The van der Waals surface area contributed by atoms with Crippen LogP contribution in [0.25, 0.3) is 10.9 Å². The highest BCUT2D eigenvalue weighted by atomic mass is 16.5. The fourth-order valence-corrected chi connectivity index (χ4v) is 2.92. The topological polar surface area (TPSA) is 84.1 Å². The monoisotopic (exact) mass is 377 g/mol. The number of hydrogen-bond donors (Lipinski definition) is 0. The van der Waals surface area contributed by atoms with Crippen molar-refractivity contribution in [1.29, 1.82) is 0 Å². The third-order valence-electron chi connectivity index (χ3n) is 4.37. The van der Waals surface area contributed by atoms with Gasteiger partial charge in [0.2, 0.25) is 0 Å². The zero-order valence-corrected chi connectivity index (χ0v) is 15.6. The molecule has 0 saturated heterocycles. The zero-order valence-electron chi connectivity index (χ0n) is 15.6. The van der Waals surface area contributed by atoms with E-state index in [1.165, 1.54) is 10.9 Å². The van der Waals surface area contributed by atoms with Gasteiger partial charge in [-0.3, -0.25) is 14.0 Å². The molecular weight excluding hydrogens is 358 g/mol. The predicted octanol–water partition coefficient (Wildman–Crippen LogP) is 2.16. The summed E-state index contributed by atoms with van der Waals surface area (Å²) < 4.78 is 14.2. The van der Waals surface area contributed by atoms with E-state index < -0.39 is 0 Å². The molecule has 0 radical (unpaired) electrons. The molecule has 0 fully saturated rings. The fraction of sp³-hybridized carbons (Fsp3) is 0.200. The SMILES string of the molecule is COc1ccccc1OCc1nc(Cn2cnc3ccccc3c2=O)n(C)n1. The lowest BCUT2D eigenvalue weighted by Crippen LogP contribution is -2.22. The molecule has 0 unspecified atom stereocenters. The van der Waals surface area contributed by atoms with Crippen molar-refractivity contribution in [3.8, 4) is 11.5 Å². The number of hydrogen-bond acceptors (Lipinski definition) is 6. The van der Waals surface area contributed by atoms with E-state index in [-0.39, 0.29) is 18.7 Å². The van der Waals surface area contributed by atoms with Crippen molar-refractivity contribution in [2.24, 2.45) is 7.05 Å². The normalized spacial score (nSPS) is 10.9. The van der Waals surface area contributed by atoms with Gasteiger partial charge in [0.15, 0.2) is 17.3 Å². The first-order valence-electron chi connectivity index (χ1n) is 8.74. The van der Waals surface area contributed by atoms with Gasteiger partial charge in [-0.15, -0.1) is 0 Å². The van der Waals surface area contributed by atoms with Crippen LogP contribution in [0.2, 0.25) is 0 Å². The van der Waals surface area contributed by atoms with Crippen LogP contribution < -0.4 is 15.0 Å². The Morgan fingerprint density at radius 1 is 1.04 bits per heavy atom. The summed E-state index contributed by atoms with van der Waals surface area (Å²) in [5.41, 5.74) is 0.563. The maximum atomic E-state index is 12.7. The smallest absolute Gasteiger partial charge is 0.261 e. The molecule has 4 aromatic rings. The van der Waals surface area contributed by atoms with Gasteiger partial charge in [-0.05, 0) is 24.3 Å². The van der Waals surface area contributed by atoms with Crippen molar-refractivity contribution in [3.05, 3.63) is 76.9 Å². The maximum absolute atomic E-state index is 12.7. The second-order valence-electron chi connectivity index (χ2n) is 6.20. The number of methoxy groups -OCH3 is 1. The second kappa shape index (κ2) is 7.51. The van der Waals surface area contributed by atoms with Gasteiger partial charge in [-0.25, -0.2) is 9.97 Å². The molecular formula is C20H19N5O3. The molecule has 0 bridgehead atoms. The quantitative estimate of drug-likeness (QED) is 0.512. The average Bonchev–Trinajstić information content (AvgIpc) is 3.08. The van der Waals surface area contributed by atoms with Crippen molar-refractivity contribution in [2.75, 3.05) is 7.11 Å². The number of aryl methyl sites for hydroxylation is 1. The molecule has 2 heterocycles.